The van der Waals surface area contributed by atoms with Crippen LogP contribution in [0.2, 0.25) is 0 Å². The molecule has 0 fully saturated rings. The van der Waals surface area contributed by atoms with E-state index in [1.165, 1.54) is 30.2 Å². The highest BCUT2D eigenvalue weighted by atomic mass is 16.4. The van der Waals surface area contributed by atoms with Crippen LogP contribution in [0.15, 0.2) is 17.3 Å². The van der Waals surface area contributed by atoms with Crippen molar-refractivity contribution < 1.29 is 10.3 Å². The van der Waals surface area contributed by atoms with Gasteiger partial charge < -0.3 is 10.3 Å². The van der Waals surface area contributed by atoms with E-state index in [0.29, 0.717) is 5.56 Å². The van der Waals surface area contributed by atoms with Gasteiger partial charge in [0.2, 0.25) is 0 Å². The minimum absolute atomic E-state index is 0.198. The molecular weight excluding hydrogens is 178 g/mol. The first-order valence-corrected chi connectivity index (χ1v) is 4.83. The third-order valence-corrected chi connectivity index (χ3v) is 2.69. The number of hydrogen-bond acceptors (Lipinski definition) is 3. The van der Waals surface area contributed by atoms with Gasteiger partial charge in [-0.05, 0) is 48.9 Å². The number of oxime groups is 1. The highest BCUT2D eigenvalue weighted by Crippen LogP contribution is 2.27. The molecule has 0 saturated heterocycles. The fourth-order valence-electron chi connectivity index (χ4n) is 1.96. The average Bonchev–Trinajstić information content (AvgIpc) is 2.19. The van der Waals surface area contributed by atoms with Gasteiger partial charge in [0.05, 0.1) is 6.21 Å². The SMILES string of the molecule is O/N=C/c1cc2c(cc1O)CCCC2. The first kappa shape index (κ1) is 9.06. The molecule has 0 amide bonds. The topological polar surface area (TPSA) is 52.8 Å². The summed E-state index contributed by atoms with van der Waals surface area (Å²) in [7, 11) is 0. The maximum atomic E-state index is 9.60. The molecule has 14 heavy (non-hydrogen) atoms. The van der Waals surface area contributed by atoms with Crippen LogP contribution >= 0.6 is 0 Å². The van der Waals surface area contributed by atoms with E-state index in [4.69, 9.17) is 5.21 Å². The second-order valence-corrected chi connectivity index (χ2v) is 3.63. The zero-order chi connectivity index (χ0) is 9.97. The number of fused-ring (bicyclic) bond motifs is 1. The maximum Gasteiger partial charge on any atom is 0.124 e. The Morgan fingerprint density at radius 3 is 2.43 bits per heavy atom. The van der Waals surface area contributed by atoms with Gasteiger partial charge >= 0.3 is 0 Å². The lowest BCUT2D eigenvalue weighted by Gasteiger charge is -2.16. The van der Waals surface area contributed by atoms with Crippen molar-refractivity contribution in [1.82, 2.24) is 0 Å². The molecule has 0 saturated carbocycles. The summed E-state index contributed by atoms with van der Waals surface area (Å²) in [6.45, 7) is 0. The molecule has 0 atom stereocenters. The maximum absolute atomic E-state index is 9.60. The summed E-state index contributed by atoms with van der Waals surface area (Å²) in [4.78, 5) is 0. The molecule has 1 aromatic carbocycles. The Bertz CT molecular complexity index is 372. The van der Waals surface area contributed by atoms with E-state index < -0.39 is 0 Å². The zero-order valence-corrected chi connectivity index (χ0v) is 7.90. The minimum Gasteiger partial charge on any atom is -0.507 e. The molecule has 0 radical (unpaired) electrons. The summed E-state index contributed by atoms with van der Waals surface area (Å²) in [6.07, 6.45) is 5.76. The van der Waals surface area contributed by atoms with Gasteiger partial charge in [-0.1, -0.05) is 5.16 Å². The van der Waals surface area contributed by atoms with E-state index in [2.05, 4.69) is 5.16 Å². The number of aryl methyl sites for hydroxylation is 2. The summed E-state index contributed by atoms with van der Waals surface area (Å²) in [5.41, 5.74) is 3.08. The van der Waals surface area contributed by atoms with Crippen LogP contribution in [0.5, 0.6) is 5.75 Å². The molecule has 0 unspecified atom stereocenters. The van der Waals surface area contributed by atoms with E-state index >= 15 is 0 Å². The molecule has 0 aliphatic heterocycles. The van der Waals surface area contributed by atoms with Gasteiger partial charge in [-0.3, -0.25) is 0 Å². The van der Waals surface area contributed by atoms with Crippen LogP contribution in [-0.2, 0) is 12.8 Å². The monoisotopic (exact) mass is 191 g/mol. The normalized spacial score (nSPS) is 15.7. The fourth-order valence-corrected chi connectivity index (χ4v) is 1.96. The van der Waals surface area contributed by atoms with Crippen LogP contribution in [0.4, 0.5) is 0 Å². The minimum atomic E-state index is 0.198. The van der Waals surface area contributed by atoms with Crippen LogP contribution in [0, 0.1) is 0 Å². The molecular formula is C11H13NO2. The Hall–Kier alpha value is -1.51. The molecule has 1 aromatic rings. The first-order valence-electron chi connectivity index (χ1n) is 4.83. The van der Waals surface area contributed by atoms with E-state index in [9.17, 15) is 5.11 Å². The van der Waals surface area contributed by atoms with Crippen molar-refractivity contribution >= 4 is 6.21 Å². The smallest absolute Gasteiger partial charge is 0.124 e. The standard InChI is InChI=1S/C11H13NO2/c13-11-6-9-4-2-1-3-8(9)5-10(11)7-12-14/h5-7,13-14H,1-4H2/b12-7+. The summed E-state index contributed by atoms with van der Waals surface area (Å²) in [5, 5.41) is 20.9. The molecule has 2 N–H and O–H groups in total. The largest absolute Gasteiger partial charge is 0.507 e. The van der Waals surface area contributed by atoms with E-state index in [1.54, 1.807) is 6.07 Å². The Morgan fingerprint density at radius 2 is 1.79 bits per heavy atom. The van der Waals surface area contributed by atoms with E-state index in [-0.39, 0.29) is 5.75 Å². The van der Waals surface area contributed by atoms with Crippen molar-refractivity contribution in [2.45, 2.75) is 25.7 Å². The van der Waals surface area contributed by atoms with Crippen LogP contribution in [0.1, 0.15) is 29.5 Å². The summed E-state index contributed by atoms with van der Waals surface area (Å²) >= 11 is 0. The number of rotatable bonds is 1. The first-order chi connectivity index (χ1) is 6.81. The highest BCUT2D eigenvalue weighted by molar-refractivity contribution is 5.83. The Labute approximate surface area is 82.7 Å². The lowest BCUT2D eigenvalue weighted by Crippen LogP contribution is -2.03. The quantitative estimate of drug-likeness (QED) is 0.405. The number of phenols is 1. The second kappa shape index (κ2) is 3.70. The number of nitrogens with zero attached hydrogens (tertiary/aromatic N) is 1. The number of benzene rings is 1. The van der Waals surface area contributed by atoms with E-state index in [0.717, 1.165) is 12.8 Å². The van der Waals surface area contributed by atoms with Crippen molar-refractivity contribution in [3.8, 4) is 5.75 Å². The molecule has 2 rings (SSSR count). The van der Waals surface area contributed by atoms with Gasteiger partial charge in [-0.2, -0.15) is 0 Å². The van der Waals surface area contributed by atoms with Gasteiger partial charge in [-0.15, -0.1) is 0 Å². The van der Waals surface area contributed by atoms with Gasteiger partial charge in [0, 0.05) is 5.56 Å². The van der Waals surface area contributed by atoms with Crippen LogP contribution in [0.3, 0.4) is 0 Å². The van der Waals surface area contributed by atoms with Gasteiger partial charge in [0.25, 0.3) is 0 Å². The molecule has 3 heteroatoms. The lowest BCUT2D eigenvalue weighted by atomic mass is 9.90. The molecule has 0 bridgehead atoms. The molecule has 0 heterocycles. The van der Waals surface area contributed by atoms with Crippen LogP contribution in [0.25, 0.3) is 0 Å². The van der Waals surface area contributed by atoms with Crippen molar-refractivity contribution in [3.63, 3.8) is 0 Å². The predicted octanol–water partition coefficient (Wildman–Crippen LogP) is 2.08. The third kappa shape index (κ3) is 1.58. The third-order valence-electron chi connectivity index (χ3n) is 2.69. The van der Waals surface area contributed by atoms with Crippen molar-refractivity contribution in [1.29, 1.82) is 0 Å². The molecule has 74 valence electrons. The Kier molecular flexibility index (Phi) is 2.39. The number of aromatic hydroxyl groups is 1. The summed E-state index contributed by atoms with van der Waals surface area (Å²) in [6, 6.07) is 3.69. The van der Waals surface area contributed by atoms with E-state index in [1.807, 2.05) is 6.07 Å². The number of phenolic OH excluding ortho intramolecular Hbond substituents is 1. The molecule has 0 aromatic heterocycles. The fraction of sp³-hybridized carbons (Fsp3) is 0.364. The van der Waals surface area contributed by atoms with Crippen molar-refractivity contribution in [2.24, 2.45) is 5.16 Å². The Balaban J connectivity index is 2.45. The lowest BCUT2D eigenvalue weighted by molar-refractivity contribution is 0.321. The van der Waals surface area contributed by atoms with Gasteiger partial charge in [-0.25, -0.2) is 0 Å². The molecule has 1 aliphatic carbocycles. The molecule has 3 nitrogen and oxygen atoms in total. The summed E-state index contributed by atoms with van der Waals surface area (Å²) in [5.74, 6) is 0.198. The van der Waals surface area contributed by atoms with Gasteiger partial charge in [0.15, 0.2) is 0 Å². The van der Waals surface area contributed by atoms with Crippen LogP contribution < -0.4 is 0 Å². The number of hydrogen-bond donors (Lipinski definition) is 2. The van der Waals surface area contributed by atoms with Gasteiger partial charge in [0.1, 0.15) is 5.75 Å². The van der Waals surface area contributed by atoms with Crippen molar-refractivity contribution in [3.05, 3.63) is 28.8 Å². The Morgan fingerprint density at radius 1 is 1.14 bits per heavy atom. The molecule has 0 spiro atoms. The second-order valence-electron chi connectivity index (χ2n) is 3.63. The predicted molar refractivity (Wildman–Crippen MR) is 54.1 cm³/mol. The average molecular weight is 191 g/mol. The molecule has 1 aliphatic rings. The summed E-state index contributed by atoms with van der Waals surface area (Å²) < 4.78 is 0. The highest BCUT2D eigenvalue weighted by Gasteiger charge is 2.11. The zero-order valence-electron chi connectivity index (χ0n) is 7.90. The van der Waals surface area contributed by atoms with Crippen molar-refractivity contribution in [2.75, 3.05) is 0 Å². The van der Waals surface area contributed by atoms with Crippen LogP contribution in [-0.4, -0.2) is 16.5 Å².